The maximum absolute atomic E-state index is 11.6. The summed E-state index contributed by atoms with van der Waals surface area (Å²) in [4.78, 5) is 22.2. The molecule has 4 heterocycles. The number of hydrogen-bond donors (Lipinski definition) is 1. The van der Waals surface area contributed by atoms with Crippen LogP contribution < -0.4 is 5.73 Å². The fourth-order valence-electron chi connectivity index (χ4n) is 4.08. The standard InChI is InChI=1S/C24H23ClN6O2/c1-15(32)30-8-6-20(7-9-30)31-14-18(12-29-31)17-10-21(23(26)27-11-17)24-28-13-22(33-24)16-2-4-19(25)5-3-16/h2-5,10-14,20H,6-9H2,1H3,(H2,26,27). The Kier molecular flexibility index (Phi) is 5.60. The molecule has 2 N–H and O–H groups in total. The van der Waals surface area contributed by atoms with Crippen molar-refractivity contribution in [2.45, 2.75) is 25.8 Å². The molecule has 1 aliphatic heterocycles. The number of nitrogen functional groups attached to an aromatic ring is 1. The number of carbonyl (C=O) groups excluding carboxylic acids is 1. The fraction of sp³-hybridized carbons (Fsp3) is 0.250. The van der Waals surface area contributed by atoms with Crippen LogP contribution in [0.4, 0.5) is 5.82 Å². The molecule has 0 atom stereocenters. The number of likely N-dealkylation sites (tertiary alicyclic amines) is 1. The summed E-state index contributed by atoms with van der Waals surface area (Å²) in [5, 5.41) is 5.22. The molecule has 1 aromatic carbocycles. The molecule has 168 valence electrons. The summed E-state index contributed by atoms with van der Waals surface area (Å²) in [6.07, 6.45) is 8.99. The lowest BCUT2D eigenvalue weighted by atomic mass is 10.1. The van der Waals surface area contributed by atoms with Crippen molar-refractivity contribution in [1.82, 2.24) is 24.6 Å². The van der Waals surface area contributed by atoms with Crippen molar-refractivity contribution in [2.24, 2.45) is 0 Å². The largest absolute Gasteiger partial charge is 0.436 e. The molecule has 1 amide bonds. The highest BCUT2D eigenvalue weighted by Gasteiger charge is 2.23. The fourth-order valence-corrected chi connectivity index (χ4v) is 4.21. The van der Waals surface area contributed by atoms with Gasteiger partial charge < -0.3 is 15.1 Å². The molecule has 0 spiro atoms. The molecule has 1 saturated heterocycles. The Hall–Kier alpha value is -3.65. The number of halogens is 1. The van der Waals surface area contributed by atoms with Crippen LogP contribution in [-0.4, -0.2) is 43.6 Å². The molecule has 0 bridgehead atoms. The molecule has 0 unspecified atom stereocenters. The third-order valence-corrected chi connectivity index (χ3v) is 6.25. The van der Waals surface area contributed by atoms with Gasteiger partial charge in [-0.2, -0.15) is 5.10 Å². The van der Waals surface area contributed by atoms with E-state index in [4.69, 9.17) is 21.8 Å². The first-order valence-electron chi connectivity index (χ1n) is 10.8. The number of pyridine rings is 1. The van der Waals surface area contributed by atoms with Gasteiger partial charge in [-0.3, -0.25) is 9.48 Å². The average molecular weight is 463 g/mol. The lowest BCUT2D eigenvalue weighted by molar-refractivity contribution is -0.130. The number of piperidine rings is 1. The van der Waals surface area contributed by atoms with E-state index in [0.29, 0.717) is 28.1 Å². The van der Waals surface area contributed by atoms with Gasteiger partial charge in [-0.05, 0) is 43.2 Å². The van der Waals surface area contributed by atoms with Crippen molar-refractivity contribution in [1.29, 1.82) is 0 Å². The van der Waals surface area contributed by atoms with Crippen molar-refractivity contribution in [3.05, 3.63) is 60.1 Å². The summed E-state index contributed by atoms with van der Waals surface area (Å²) in [6.45, 7) is 3.12. The molecule has 1 aliphatic rings. The van der Waals surface area contributed by atoms with E-state index >= 15 is 0 Å². The van der Waals surface area contributed by atoms with Gasteiger partial charge in [0, 0.05) is 54.1 Å². The zero-order chi connectivity index (χ0) is 22.9. The number of nitrogens with zero attached hydrogens (tertiary/aromatic N) is 5. The Morgan fingerprint density at radius 3 is 2.55 bits per heavy atom. The third-order valence-electron chi connectivity index (χ3n) is 6.00. The molecule has 0 saturated carbocycles. The summed E-state index contributed by atoms with van der Waals surface area (Å²) in [5.41, 5.74) is 9.44. The minimum atomic E-state index is 0.126. The first-order valence-corrected chi connectivity index (χ1v) is 11.1. The zero-order valence-corrected chi connectivity index (χ0v) is 18.9. The predicted molar refractivity (Wildman–Crippen MR) is 126 cm³/mol. The summed E-state index contributed by atoms with van der Waals surface area (Å²) in [6, 6.07) is 9.54. The first-order chi connectivity index (χ1) is 16.0. The third kappa shape index (κ3) is 4.34. The van der Waals surface area contributed by atoms with Gasteiger partial charge in [0.25, 0.3) is 0 Å². The van der Waals surface area contributed by atoms with Crippen LogP contribution in [0.2, 0.25) is 5.02 Å². The highest BCUT2D eigenvalue weighted by Crippen LogP contribution is 2.32. The van der Waals surface area contributed by atoms with Crippen molar-refractivity contribution in [3.63, 3.8) is 0 Å². The summed E-state index contributed by atoms with van der Waals surface area (Å²) in [7, 11) is 0. The Balaban J connectivity index is 1.38. The van der Waals surface area contributed by atoms with E-state index in [0.717, 1.165) is 42.6 Å². The lowest BCUT2D eigenvalue weighted by Gasteiger charge is -2.31. The van der Waals surface area contributed by atoms with Gasteiger partial charge in [0.1, 0.15) is 5.82 Å². The minimum absolute atomic E-state index is 0.126. The Morgan fingerprint density at radius 2 is 1.82 bits per heavy atom. The number of amides is 1. The maximum Gasteiger partial charge on any atom is 0.230 e. The molecule has 5 rings (SSSR count). The molecular weight excluding hydrogens is 440 g/mol. The van der Waals surface area contributed by atoms with Gasteiger partial charge >= 0.3 is 0 Å². The number of carbonyl (C=O) groups is 1. The molecule has 33 heavy (non-hydrogen) atoms. The van der Waals surface area contributed by atoms with Crippen LogP contribution in [0, 0.1) is 0 Å². The van der Waals surface area contributed by atoms with Gasteiger partial charge in [0.2, 0.25) is 11.8 Å². The van der Waals surface area contributed by atoms with Crippen molar-refractivity contribution in [3.8, 4) is 33.9 Å². The summed E-state index contributed by atoms with van der Waals surface area (Å²) >= 11 is 5.97. The summed E-state index contributed by atoms with van der Waals surface area (Å²) < 4.78 is 7.95. The molecule has 8 nitrogen and oxygen atoms in total. The van der Waals surface area contributed by atoms with E-state index in [-0.39, 0.29) is 11.9 Å². The van der Waals surface area contributed by atoms with Gasteiger partial charge in [-0.25, -0.2) is 9.97 Å². The molecule has 0 aliphatic carbocycles. The monoisotopic (exact) mass is 462 g/mol. The van der Waals surface area contributed by atoms with Crippen LogP contribution in [0.3, 0.4) is 0 Å². The number of nitrogens with two attached hydrogens (primary N) is 1. The quantitative estimate of drug-likeness (QED) is 0.472. The molecule has 3 aromatic heterocycles. The second kappa shape index (κ2) is 8.71. The lowest BCUT2D eigenvalue weighted by Crippen LogP contribution is -2.37. The average Bonchev–Trinajstić information content (AvgIpc) is 3.51. The molecular formula is C24H23ClN6O2. The van der Waals surface area contributed by atoms with E-state index in [1.54, 1.807) is 31.5 Å². The smallest absolute Gasteiger partial charge is 0.230 e. The minimum Gasteiger partial charge on any atom is -0.436 e. The topological polar surface area (TPSA) is 103 Å². The normalized spacial score (nSPS) is 14.5. The van der Waals surface area contributed by atoms with Gasteiger partial charge in [0.05, 0.1) is 24.0 Å². The van der Waals surface area contributed by atoms with Crippen LogP contribution in [0.15, 0.2) is 59.5 Å². The summed E-state index contributed by atoms with van der Waals surface area (Å²) in [5.74, 6) is 1.49. The predicted octanol–water partition coefficient (Wildman–Crippen LogP) is 4.69. The van der Waals surface area contributed by atoms with Gasteiger partial charge in [-0.15, -0.1) is 0 Å². The van der Waals surface area contributed by atoms with Gasteiger partial charge in [0.15, 0.2) is 5.76 Å². The Morgan fingerprint density at radius 1 is 1.06 bits per heavy atom. The van der Waals surface area contributed by atoms with Crippen molar-refractivity contribution < 1.29 is 9.21 Å². The van der Waals surface area contributed by atoms with E-state index in [1.807, 2.05) is 40.2 Å². The van der Waals surface area contributed by atoms with E-state index in [9.17, 15) is 4.79 Å². The second-order valence-corrected chi connectivity index (χ2v) is 8.58. The number of benzene rings is 1. The highest BCUT2D eigenvalue weighted by molar-refractivity contribution is 6.30. The van der Waals surface area contributed by atoms with Crippen molar-refractivity contribution in [2.75, 3.05) is 18.8 Å². The Labute approximate surface area is 196 Å². The van der Waals surface area contributed by atoms with E-state index in [2.05, 4.69) is 15.1 Å². The number of rotatable bonds is 4. The number of anilines is 1. The highest BCUT2D eigenvalue weighted by atomic mass is 35.5. The number of hydrogen-bond acceptors (Lipinski definition) is 6. The second-order valence-electron chi connectivity index (χ2n) is 8.14. The first kappa shape index (κ1) is 21.2. The van der Waals surface area contributed by atoms with Crippen LogP contribution in [0.5, 0.6) is 0 Å². The maximum atomic E-state index is 11.6. The SMILES string of the molecule is CC(=O)N1CCC(n2cc(-c3cnc(N)c(-c4ncc(-c5ccc(Cl)cc5)o4)c3)cn2)CC1. The van der Waals surface area contributed by atoms with Crippen molar-refractivity contribution >= 4 is 23.3 Å². The van der Waals surface area contributed by atoms with Gasteiger partial charge in [-0.1, -0.05) is 11.6 Å². The molecule has 0 radical (unpaired) electrons. The van der Waals surface area contributed by atoms with E-state index in [1.165, 1.54) is 0 Å². The van der Waals surface area contributed by atoms with E-state index < -0.39 is 0 Å². The molecule has 4 aromatic rings. The number of aromatic nitrogens is 4. The van der Waals surface area contributed by atoms with Crippen LogP contribution in [0.25, 0.3) is 33.9 Å². The van der Waals surface area contributed by atoms with Crippen LogP contribution >= 0.6 is 11.6 Å². The molecule has 9 heteroatoms. The van der Waals surface area contributed by atoms with Crippen LogP contribution in [-0.2, 0) is 4.79 Å². The van der Waals surface area contributed by atoms with Crippen LogP contribution in [0.1, 0.15) is 25.8 Å². The Bertz CT molecular complexity index is 1290. The zero-order valence-electron chi connectivity index (χ0n) is 18.1. The molecule has 1 fully saturated rings. The number of oxazole rings is 1.